The molecule has 1 aliphatic heterocycles. The van der Waals surface area contributed by atoms with Gasteiger partial charge in [-0.3, -0.25) is 0 Å². The van der Waals surface area contributed by atoms with E-state index in [0.717, 1.165) is 38.1 Å². The molecule has 0 atom stereocenters. The van der Waals surface area contributed by atoms with E-state index >= 15 is 0 Å². The van der Waals surface area contributed by atoms with Crippen LogP contribution in [0.25, 0.3) is 0 Å². The Morgan fingerprint density at radius 2 is 1.94 bits per heavy atom. The van der Waals surface area contributed by atoms with Gasteiger partial charge in [0.25, 0.3) is 0 Å². The van der Waals surface area contributed by atoms with E-state index in [1.54, 1.807) is 0 Å². The maximum absolute atomic E-state index is 6.10. The summed E-state index contributed by atoms with van der Waals surface area (Å²) >= 11 is 0. The van der Waals surface area contributed by atoms with Crippen molar-refractivity contribution in [3.05, 3.63) is 29.8 Å². The van der Waals surface area contributed by atoms with E-state index in [1.807, 2.05) is 0 Å². The largest absolute Gasteiger partial charge is 0.490 e. The molecule has 0 amide bonds. The first kappa shape index (κ1) is 11.5. The second kappa shape index (κ2) is 5.35. The molecule has 0 radical (unpaired) electrons. The zero-order chi connectivity index (χ0) is 11.4. The number of hydrogen-bond donors (Lipinski definition) is 0. The number of likely N-dealkylation sites (tertiary alicyclic amines) is 1. The van der Waals surface area contributed by atoms with Crippen LogP contribution in [0.2, 0.25) is 0 Å². The molecular formula is C14H21NO. The minimum absolute atomic E-state index is 0.406. The second-order valence-corrected chi connectivity index (χ2v) is 4.58. The quantitative estimate of drug-likeness (QED) is 0.775. The van der Waals surface area contributed by atoms with Crippen LogP contribution >= 0.6 is 0 Å². The lowest BCUT2D eigenvalue weighted by atomic mass is 10.1. The molecule has 1 heterocycles. The third-order valence-corrected chi connectivity index (χ3v) is 3.31. The molecule has 0 unspecified atom stereocenters. The van der Waals surface area contributed by atoms with Crippen molar-refractivity contribution in [2.24, 2.45) is 0 Å². The first-order chi connectivity index (χ1) is 7.79. The molecule has 0 aliphatic carbocycles. The van der Waals surface area contributed by atoms with Crippen molar-refractivity contribution in [1.29, 1.82) is 0 Å². The predicted octanol–water partition coefficient (Wildman–Crippen LogP) is 2.72. The smallest absolute Gasteiger partial charge is 0.122 e. The minimum Gasteiger partial charge on any atom is -0.490 e. The summed E-state index contributed by atoms with van der Waals surface area (Å²) in [6.45, 7) is 4.48. The van der Waals surface area contributed by atoms with Crippen LogP contribution < -0.4 is 4.74 Å². The van der Waals surface area contributed by atoms with Crippen LogP contribution in [0.5, 0.6) is 5.75 Å². The monoisotopic (exact) mass is 219 g/mol. The van der Waals surface area contributed by atoms with Gasteiger partial charge in [-0.15, -0.1) is 0 Å². The van der Waals surface area contributed by atoms with Crippen molar-refractivity contribution < 1.29 is 4.74 Å². The Hall–Kier alpha value is -1.02. The van der Waals surface area contributed by atoms with Crippen molar-refractivity contribution in [3.63, 3.8) is 0 Å². The van der Waals surface area contributed by atoms with Gasteiger partial charge in [0.2, 0.25) is 0 Å². The first-order valence-electron chi connectivity index (χ1n) is 6.22. The fourth-order valence-electron chi connectivity index (χ4n) is 2.19. The summed E-state index contributed by atoms with van der Waals surface area (Å²) in [4.78, 5) is 2.37. The summed E-state index contributed by atoms with van der Waals surface area (Å²) < 4.78 is 6.10. The molecule has 0 bridgehead atoms. The lowest BCUT2D eigenvalue weighted by Gasteiger charge is -2.29. The van der Waals surface area contributed by atoms with E-state index in [2.05, 4.69) is 43.1 Å². The molecule has 0 spiro atoms. The van der Waals surface area contributed by atoms with Crippen LogP contribution in [0, 0.1) is 0 Å². The molecule has 1 fully saturated rings. The second-order valence-electron chi connectivity index (χ2n) is 4.58. The lowest BCUT2D eigenvalue weighted by molar-refractivity contribution is 0.113. The molecule has 1 aromatic rings. The highest BCUT2D eigenvalue weighted by atomic mass is 16.5. The highest BCUT2D eigenvalue weighted by molar-refractivity contribution is 5.33. The molecule has 0 saturated carbocycles. The topological polar surface area (TPSA) is 12.5 Å². The van der Waals surface area contributed by atoms with Gasteiger partial charge in [-0.1, -0.05) is 25.1 Å². The molecule has 2 rings (SSSR count). The van der Waals surface area contributed by atoms with E-state index in [9.17, 15) is 0 Å². The molecule has 0 aromatic heterocycles. The molecule has 1 aliphatic rings. The maximum atomic E-state index is 6.10. The van der Waals surface area contributed by atoms with Crippen molar-refractivity contribution >= 4 is 0 Å². The van der Waals surface area contributed by atoms with Crippen LogP contribution in [0.15, 0.2) is 24.3 Å². The van der Waals surface area contributed by atoms with E-state index in [1.165, 1.54) is 5.56 Å². The third kappa shape index (κ3) is 2.76. The zero-order valence-corrected chi connectivity index (χ0v) is 10.3. The van der Waals surface area contributed by atoms with Crippen molar-refractivity contribution in [2.45, 2.75) is 32.3 Å². The predicted molar refractivity (Wildman–Crippen MR) is 67.0 cm³/mol. The third-order valence-electron chi connectivity index (χ3n) is 3.31. The average molecular weight is 219 g/mol. The zero-order valence-electron chi connectivity index (χ0n) is 10.3. The van der Waals surface area contributed by atoms with E-state index < -0.39 is 0 Å². The van der Waals surface area contributed by atoms with Crippen molar-refractivity contribution in [3.8, 4) is 5.75 Å². The number of rotatable bonds is 3. The summed E-state index contributed by atoms with van der Waals surface area (Å²) in [5.41, 5.74) is 1.32. The summed E-state index contributed by atoms with van der Waals surface area (Å²) in [6, 6.07) is 8.39. The molecule has 0 N–H and O–H groups in total. The van der Waals surface area contributed by atoms with Gasteiger partial charge < -0.3 is 9.64 Å². The number of benzene rings is 1. The van der Waals surface area contributed by atoms with Crippen LogP contribution in [-0.2, 0) is 6.42 Å². The molecular weight excluding hydrogens is 198 g/mol. The van der Waals surface area contributed by atoms with Gasteiger partial charge in [0.1, 0.15) is 11.9 Å². The Kier molecular flexibility index (Phi) is 3.83. The fraction of sp³-hybridized carbons (Fsp3) is 0.571. The Morgan fingerprint density at radius 1 is 1.25 bits per heavy atom. The van der Waals surface area contributed by atoms with Crippen LogP contribution in [0.3, 0.4) is 0 Å². The highest BCUT2D eigenvalue weighted by Crippen LogP contribution is 2.22. The van der Waals surface area contributed by atoms with Gasteiger partial charge in [-0.05, 0) is 37.9 Å². The fourth-order valence-corrected chi connectivity index (χ4v) is 2.19. The highest BCUT2D eigenvalue weighted by Gasteiger charge is 2.18. The van der Waals surface area contributed by atoms with Crippen molar-refractivity contribution in [2.75, 3.05) is 20.1 Å². The van der Waals surface area contributed by atoms with Gasteiger partial charge in [0.05, 0.1) is 0 Å². The van der Waals surface area contributed by atoms with Crippen LogP contribution in [0.4, 0.5) is 0 Å². The minimum atomic E-state index is 0.406. The van der Waals surface area contributed by atoms with Crippen LogP contribution in [-0.4, -0.2) is 31.1 Å². The number of aryl methyl sites for hydroxylation is 1. The van der Waals surface area contributed by atoms with Crippen LogP contribution in [0.1, 0.15) is 25.3 Å². The molecule has 88 valence electrons. The summed E-state index contributed by atoms with van der Waals surface area (Å²) in [5.74, 6) is 1.08. The first-order valence-corrected chi connectivity index (χ1v) is 6.22. The summed E-state index contributed by atoms with van der Waals surface area (Å²) in [7, 11) is 2.18. The Labute approximate surface area is 98.2 Å². The maximum Gasteiger partial charge on any atom is 0.122 e. The Balaban J connectivity index is 1.98. The summed E-state index contributed by atoms with van der Waals surface area (Å²) in [5, 5.41) is 0. The standard InChI is InChI=1S/C14H21NO/c1-3-12-6-4-5-7-14(12)16-13-8-10-15(2)11-9-13/h4-7,13H,3,8-11H2,1-2H3. The average Bonchev–Trinajstić information content (AvgIpc) is 2.33. The molecule has 2 nitrogen and oxygen atoms in total. The number of piperidine rings is 1. The molecule has 1 saturated heterocycles. The number of ether oxygens (including phenoxy) is 1. The van der Waals surface area contributed by atoms with E-state index in [-0.39, 0.29) is 0 Å². The van der Waals surface area contributed by atoms with Gasteiger partial charge in [0, 0.05) is 13.1 Å². The molecule has 16 heavy (non-hydrogen) atoms. The van der Waals surface area contributed by atoms with E-state index in [4.69, 9.17) is 4.74 Å². The number of para-hydroxylation sites is 1. The van der Waals surface area contributed by atoms with Crippen molar-refractivity contribution in [1.82, 2.24) is 4.90 Å². The van der Waals surface area contributed by atoms with Gasteiger partial charge in [0.15, 0.2) is 0 Å². The Bertz CT molecular complexity index is 329. The normalized spacial score (nSPS) is 18.6. The number of nitrogens with zero attached hydrogens (tertiary/aromatic N) is 1. The Morgan fingerprint density at radius 3 is 2.62 bits per heavy atom. The summed E-state index contributed by atoms with van der Waals surface area (Å²) in [6.07, 6.45) is 3.75. The van der Waals surface area contributed by atoms with Gasteiger partial charge in [-0.2, -0.15) is 0 Å². The number of hydrogen-bond acceptors (Lipinski definition) is 2. The molecule has 1 aromatic carbocycles. The van der Waals surface area contributed by atoms with E-state index in [0.29, 0.717) is 6.10 Å². The van der Waals surface area contributed by atoms with Gasteiger partial charge >= 0.3 is 0 Å². The van der Waals surface area contributed by atoms with Gasteiger partial charge in [-0.25, -0.2) is 0 Å². The molecule has 2 heteroatoms. The SMILES string of the molecule is CCc1ccccc1OC1CCN(C)CC1. The lowest BCUT2D eigenvalue weighted by Crippen LogP contribution is -2.35.